The van der Waals surface area contributed by atoms with Crippen LogP contribution in [0.3, 0.4) is 0 Å². The predicted molar refractivity (Wildman–Crippen MR) is 80.8 cm³/mol. The van der Waals surface area contributed by atoms with Crippen LogP contribution < -0.4 is 0 Å². The highest BCUT2D eigenvalue weighted by Gasteiger charge is 2.34. The third-order valence-electron chi connectivity index (χ3n) is 3.45. The highest BCUT2D eigenvalue weighted by Crippen LogP contribution is 2.27. The van der Waals surface area contributed by atoms with Gasteiger partial charge in [-0.1, -0.05) is 5.57 Å². The zero-order valence-corrected chi connectivity index (χ0v) is 13.6. The standard InChI is InChI=1S/C16H29NO3/c1-13(2)7-12-19-16(6)8-10-17(11-9-16)14(18)20-15(3,4)5/h1,7-12H2,2-6H3. The number of carbonyl (C=O) groups is 1. The van der Waals surface area contributed by atoms with Crippen LogP contribution in [0, 0.1) is 0 Å². The van der Waals surface area contributed by atoms with Crippen molar-refractivity contribution in [2.75, 3.05) is 19.7 Å². The molecule has 1 aliphatic heterocycles. The smallest absolute Gasteiger partial charge is 0.410 e. The van der Waals surface area contributed by atoms with Crippen molar-refractivity contribution in [3.63, 3.8) is 0 Å². The molecule has 116 valence electrons. The maximum Gasteiger partial charge on any atom is 0.410 e. The summed E-state index contributed by atoms with van der Waals surface area (Å²) < 4.78 is 11.4. The molecule has 1 heterocycles. The van der Waals surface area contributed by atoms with Crippen LogP contribution in [0.4, 0.5) is 4.79 Å². The van der Waals surface area contributed by atoms with Gasteiger partial charge < -0.3 is 14.4 Å². The molecule has 0 aromatic rings. The van der Waals surface area contributed by atoms with E-state index in [0.29, 0.717) is 19.7 Å². The lowest BCUT2D eigenvalue weighted by Gasteiger charge is -2.39. The Bertz CT molecular complexity index is 349. The minimum Gasteiger partial charge on any atom is -0.444 e. The van der Waals surface area contributed by atoms with Gasteiger partial charge in [-0.15, -0.1) is 6.58 Å². The molecule has 20 heavy (non-hydrogen) atoms. The lowest BCUT2D eigenvalue weighted by Crippen LogP contribution is -2.48. The molecule has 0 atom stereocenters. The fourth-order valence-corrected chi connectivity index (χ4v) is 2.10. The van der Waals surface area contributed by atoms with Crippen LogP contribution >= 0.6 is 0 Å². The molecule has 0 aromatic heterocycles. The van der Waals surface area contributed by atoms with Crippen molar-refractivity contribution in [1.82, 2.24) is 4.90 Å². The zero-order chi connectivity index (χ0) is 15.4. The molecule has 0 saturated carbocycles. The monoisotopic (exact) mass is 283 g/mol. The molecule has 1 aliphatic rings. The maximum atomic E-state index is 12.0. The van der Waals surface area contributed by atoms with E-state index in [1.807, 2.05) is 27.7 Å². The van der Waals surface area contributed by atoms with E-state index in [2.05, 4.69) is 13.5 Å². The molecule has 1 rings (SSSR count). The first kappa shape index (κ1) is 17.0. The molecular weight excluding hydrogens is 254 g/mol. The van der Waals surface area contributed by atoms with Gasteiger partial charge in [0.15, 0.2) is 0 Å². The molecule has 4 nitrogen and oxygen atoms in total. The summed E-state index contributed by atoms with van der Waals surface area (Å²) in [5.41, 5.74) is 0.573. The van der Waals surface area contributed by atoms with E-state index >= 15 is 0 Å². The number of likely N-dealkylation sites (tertiary alicyclic amines) is 1. The van der Waals surface area contributed by atoms with Gasteiger partial charge in [-0.05, 0) is 53.9 Å². The molecular formula is C16H29NO3. The SMILES string of the molecule is C=C(C)CCOC1(C)CCN(C(=O)OC(C)(C)C)CC1. The van der Waals surface area contributed by atoms with E-state index in [1.54, 1.807) is 4.90 Å². The Morgan fingerprint density at radius 3 is 2.30 bits per heavy atom. The normalized spacial score (nSPS) is 18.8. The molecule has 0 aliphatic carbocycles. The topological polar surface area (TPSA) is 38.8 Å². The Kier molecular flexibility index (Phi) is 5.63. The first-order valence-corrected chi connectivity index (χ1v) is 7.38. The summed E-state index contributed by atoms with van der Waals surface area (Å²) in [6.45, 7) is 15.8. The van der Waals surface area contributed by atoms with E-state index in [-0.39, 0.29) is 11.7 Å². The van der Waals surface area contributed by atoms with Crippen molar-refractivity contribution in [1.29, 1.82) is 0 Å². The summed E-state index contributed by atoms with van der Waals surface area (Å²) in [6.07, 6.45) is 2.37. The molecule has 0 spiro atoms. The minimum absolute atomic E-state index is 0.131. The van der Waals surface area contributed by atoms with Gasteiger partial charge >= 0.3 is 6.09 Å². The summed E-state index contributed by atoms with van der Waals surface area (Å²) in [6, 6.07) is 0. The third kappa shape index (κ3) is 5.95. The van der Waals surface area contributed by atoms with Crippen molar-refractivity contribution in [2.24, 2.45) is 0 Å². The van der Waals surface area contributed by atoms with Gasteiger partial charge in [-0.25, -0.2) is 4.79 Å². The van der Waals surface area contributed by atoms with E-state index in [9.17, 15) is 4.79 Å². The second kappa shape index (κ2) is 6.61. The summed E-state index contributed by atoms with van der Waals surface area (Å²) in [7, 11) is 0. The molecule has 1 saturated heterocycles. The maximum absolute atomic E-state index is 12.0. The molecule has 1 amide bonds. The van der Waals surface area contributed by atoms with Crippen molar-refractivity contribution in [2.45, 2.75) is 65.1 Å². The Morgan fingerprint density at radius 1 is 1.30 bits per heavy atom. The fraction of sp³-hybridized carbons (Fsp3) is 0.812. The zero-order valence-electron chi connectivity index (χ0n) is 13.6. The largest absolute Gasteiger partial charge is 0.444 e. The summed E-state index contributed by atoms with van der Waals surface area (Å²) in [4.78, 5) is 13.8. The van der Waals surface area contributed by atoms with Gasteiger partial charge in [-0.2, -0.15) is 0 Å². The van der Waals surface area contributed by atoms with Crippen LogP contribution in [0.25, 0.3) is 0 Å². The number of nitrogens with zero attached hydrogens (tertiary/aromatic N) is 1. The number of carbonyl (C=O) groups excluding carboxylic acids is 1. The van der Waals surface area contributed by atoms with Gasteiger partial charge in [0.2, 0.25) is 0 Å². The average molecular weight is 283 g/mol. The van der Waals surface area contributed by atoms with Gasteiger partial charge in [0, 0.05) is 13.1 Å². The van der Waals surface area contributed by atoms with Crippen LogP contribution in [0.1, 0.15) is 53.9 Å². The molecule has 0 N–H and O–H groups in total. The van der Waals surface area contributed by atoms with Gasteiger partial charge in [0.1, 0.15) is 5.60 Å². The molecule has 4 heteroatoms. The quantitative estimate of drug-likeness (QED) is 0.737. The highest BCUT2D eigenvalue weighted by atomic mass is 16.6. The van der Waals surface area contributed by atoms with Crippen molar-refractivity contribution in [3.8, 4) is 0 Å². The highest BCUT2D eigenvalue weighted by molar-refractivity contribution is 5.68. The third-order valence-corrected chi connectivity index (χ3v) is 3.45. The number of amides is 1. The first-order chi connectivity index (χ1) is 9.11. The Balaban J connectivity index is 2.38. The first-order valence-electron chi connectivity index (χ1n) is 7.38. The number of hydrogen-bond donors (Lipinski definition) is 0. The number of rotatable bonds is 4. The van der Waals surface area contributed by atoms with Crippen LogP contribution in [0.15, 0.2) is 12.2 Å². The molecule has 1 fully saturated rings. The minimum atomic E-state index is -0.435. The molecule has 0 unspecified atom stereocenters. The molecule has 0 radical (unpaired) electrons. The van der Waals surface area contributed by atoms with E-state index < -0.39 is 5.60 Å². The second-order valence-electron chi connectivity index (χ2n) is 6.97. The summed E-state index contributed by atoms with van der Waals surface area (Å²) in [5.74, 6) is 0. The lowest BCUT2D eigenvalue weighted by atomic mass is 9.93. The van der Waals surface area contributed by atoms with Crippen LogP contribution in [-0.4, -0.2) is 41.9 Å². The summed E-state index contributed by atoms with van der Waals surface area (Å²) >= 11 is 0. The average Bonchev–Trinajstić information content (AvgIpc) is 2.26. The van der Waals surface area contributed by atoms with Crippen LogP contribution in [0.2, 0.25) is 0 Å². The Hall–Kier alpha value is -1.03. The van der Waals surface area contributed by atoms with Crippen molar-refractivity contribution >= 4 is 6.09 Å². The predicted octanol–water partition coefficient (Wildman–Crippen LogP) is 3.76. The van der Waals surface area contributed by atoms with Gasteiger partial charge in [0.25, 0.3) is 0 Å². The number of ether oxygens (including phenoxy) is 2. The lowest BCUT2D eigenvalue weighted by molar-refractivity contribution is -0.0713. The van der Waals surface area contributed by atoms with E-state index in [1.165, 1.54) is 0 Å². The molecule has 0 aromatic carbocycles. The van der Waals surface area contributed by atoms with Gasteiger partial charge in [-0.3, -0.25) is 0 Å². The number of hydrogen-bond acceptors (Lipinski definition) is 3. The van der Waals surface area contributed by atoms with Crippen molar-refractivity contribution in [3.05, 3.63) is 12.2 Å². The van der Waals surface area contributed by atoms with Crippen LogP contribution in [-0.2, 0) is 9.47 Å². The number of piperidine rings is 1. The van der Waals surface area contributed by atoms with Crippen LogP contribution in [0.5, 0.6) is 0 Å². The fourth-order valence-electron chi connectivity index (χ4n) is 2.10. The van der Waals surface area contributed by atoms with Gasteiger partial charge in [0.05, 0.1) is 12.2 Å². The molecule has 0 bridgehead atoms. The Labute approximate surface area is 123 Å². The Morgan fingerprint density at radius 2 is 1.85 bits per heavy atom. The van der Waals surface area contributed by atoms with Crippen molar-refractivity contribution < 1.29 is 14.3 Å². The summed E-state index contributed by atoms with van der Waals surface area (Å²) in [5, 5.41) is 0. The second-order valence-corrected chi connectivity index (χ2v) is 6.97. The van der Waals surface area contributed by atoms with E-state index in [4.69, 9.17) is 9.47 Å². The van der Waals surface area contributed by atoms with E-state index in [0.717, 1.165) is 24.8 Å².